The van der Waals surface area contributed by atoms with Crippen molar-refractivity contribution in [1.29, 1.82) is 0 Å². The van der Waals surface area contributed by atoms with E-state index in [-0.39, 0.29) is 23.6 Å². The number of ether oxygens (including phenoxy) is 1. The van der Waals surface area contributed by atoms with Gasteiger partial charge in [-0.2, -0.15) is 4.98 Å². The molecular weight excluding hydrogens is 477 g/mol. The molecule has 2 aliphatic heterocycles. The number of carbonyl (C=O) groups is 1. The third kappa shape index (κ3) is 4.71. The van der Waals surface area contributed by atoms with Crippen molar-refractivity contribution in [2.24, 2.45) is 5.10 Å². The molecule has 1 aromatic carbocycles. The Bertz CT molecular complexity index is 980. The molecule has 1 aromatic heterocycles. The summed E-state index contributed by atoms with van der Waals surface area (Å²) in [5.74, 6) is -0.369. The lowest BCUT2D eigenvalue weighted by Gasteiger charge is -2.30. The Kier molecular flexibility index (Phi) is 6.23. The molecule has 0 saturated carbocycles. The molecule has 1 unspecified atom stereocenters. The number of anilines is 1. The SMILES string of the molecule is CCC(C(=O)O)N1NN=C(c2noc(N3CCC(Oc4cc(F)ccc4Br)CC3)n2)N1. The van der Waals surface area contributed by atoms with Crippen LogP contribution in [0.2, 0.25) is 0 Å². The van der Waals surface area contributed by atoms with Gasteiger partial charge in [0.1, 0.15) is 23.7 Å². The number of nitrogens with one attached hydrogen (secondary N) is 2. The summed E-state index contributed by atoms with van der Waals surface area (Å²) in [5, 5.41) is 18.5. The summed E-state index contributed by atoms with van der Waals surface area (Å²) in [6.45, 7) is 3.01. The summed E-state index contributed by atoms with van der Waals surface area (Å²) in [6, 6.07) is 3.89. The van der Waals surface area contributed by atoms with Gasteiger partial charge in [-0.05, 0) is 34.5 Å². The topological polar surface area (TPSA) is 128 Å². The van der Waals surface area contributed by atoms with Crippen LogP contribution in [0.4, 0.5) is 10.4 Å². The highest BCUT2D eigenvalue weighted by atomic mass is 79.9. The van der Waals surface area contributed by atoms with Gasteiger partial charge in [-0.3, -0.25) is 10.2 Å². The van der Waals surface area contributed by atoms with Gasteiger partial charge >= 0.3 is 12.0 Å². The molecule has 11 nitrogen and oxygen atoms in total. The number of halogens is 2. The highest BCUT2D eigenvalue weighted by molar-refractivity contribution is 9.10. The minimum atomic E-state index is -0.983. The van der Waals surface area contributed by atoms with Gasteiger partial charge in [0.25, 0.3) is 0 Å². The lowest BCUT2D eigenvalue weighted by molar-refractivity contribution is -0.145. The van der Waals surface area contributed by atoms with E-state index in [0.717, 1.165) is 0 Å². The van der Waals surface area contributed by atoms with E-state index >= 15 is 0 Å². The van der Waals surface area contributed by atoms with E-state index in [1.165, 1.54) is 17.3 Å². The Morgan fingerprint density at radius 1 is 1.45 bits per heavy atom. The van der Waals surface area contributed by atoms with Crippen molar-refractivity contribution in [2.75, 3.05) is 18.0 Å². The van der Waals surface area contributed by atoms with E-state index in [1.54, 1.807) is 13.0 Å². The number of piperidine rings is 1. The number of aliphatic carboxylic acids is 1. The maximum Gasteiger partial charge on any atom is 0.324 e. The van der Waals surface area contributed by atoms with Crippen LogP contribution in [0.25, 0.3) is 0 Å². The highest BCUT2D eigenvalue weighted by Crippen LogP contribution is 2.29. The largest absolute Gasteiger partial charge is 0.489 e. The van der Waals surface area contributed by atoms with Crippen molar-refractivity contribution in [2.45, 2.75) is 38.3 Å². The number of amidine groups is 1. The fraction of sp³-hybridized carbons (Fsp3) is 0.444. The van der Waals surface area contributed by atoms with Crippen molar-refractivity contribution in [3.63, 3.8) is 0 Å². The van der Waals surface area contributed by atoms with Gasteiger partial charge in [0.05, 0.1) is 4.47 Å². The van der Waals surface area contributed by atoms with Gasteiger partial charge in [-0.1, -0.05) is 12.1 Å². The molecule has 166 valence electrons. The number of carboxylic acids is 1. The summed E-state index contributed by atoms with van der Waals surface area (Å²) in [5.41, 5.74) is 5.44. The maximum atomic E-state index is 13.5. The summed E-state index contributed by atoms with van der Waals surface area (Å²) in [4.78, 5) is 17.6. The van der Waals surface area contributed by atoms with E-state index in [1.807, 2.05) is 4.90 Å². The Hall–Kier alpha value is -2.93. The first-order chi connectivity index (χ1) is 14.9. The number of aromatic nitrogens is 2. The quantitative estimate of drug-likeness (QED) is 0.521. The van der Waals surface area contributed by atoms with E-state index in [2.05, 4.69) is 42.1 Å². The monoisotopic (exact) mass is 497 g/mol. The highest BCUT2D eigenvalue weighted by Gasteiger charge is 2.31. The smallest absolute Gasteiger partial charge is 0.324 e. The molecule has 0 radical (unpaired) electrons. The molecule has 31 heavy (non-hydrogen) atoms. The molecule has 0 spiro atoms. The number of carboxylic acid groups (broad SMARTS) is 1. The van der Waals surface area contributed by atoms with Crippen LogP contribution in [0.3, 0.4) is 0 Å². The van der Waals surface area contributed by atoms with E-state index in [0.29, 0.717) is 48.6 Å². The zero-order chi connectivity index (χ0) is 22.0. The second-order valence-corrected chi connectivity index (χ2v) is 7.94. The molecule has 0 amide bonds. The first kappa shape index (κ1) is 21.3. The van der Waals surface area contributed by atoms with Crippen molar-refractivity contribution in [1.82, 2.24) is 26.2 Å². The summed E-state index contributed by atoms with van der Waals surface area (Å²) in [7, 11) is 0. The van der Waals surface area contributed by atoms with Gasteiger partial charge in [0.15, 0.2) is 0 Å². The van der Waals surface area contributed by atoms with Crippen LogP contribution < -0.4 is 20.6 Å². The predicted octanol–water partition coefficient (Wildman–Crippen LogP) is 1.87. The molecule has 1 fully saturated rings. The Labute approximate surface area is 185 Å². The minimum Gasteiger partial charge on any atom is -0.489 e. The van der Waals surface area contributed by atoms with Crippen LogP contribution in [0.15, 0.2) is 32.3 Å². The zero-order valence-electron chi connectivity index (χ0n) is 16.6. The molecule has 4 rings (SSSR count). The predicted molar refractivity (Wildman–Crippen MR) is 111 cm³/mol. The lowest BCUT2D eigenvalue weighted by Crippen LogP contribution is -2.52. The van der Waals surface area contributed by atoms with Crippen LogP contribution in [0, 0.1) is 5.82 Å². The maximum absolute atomic E-state index is 13.5. The first-order valence-corrected chi connectivity index (χ1v) is 10.6. The standard InChI is InChI=1S/C18H21BrFN7O4/c1-2-13(17(28)29)27-23-16(22-25-27)15-21-18(31-24-15)26-7-5-11(6-8-26)30-14-9-10(20)3-4-12(14)19/h3-4,9,11,13,25H,2,5-8H2,1H3,(H,22,23)(H,28,29). The second kappa shape index (κ2) is 9.06. The van der Waals surface area contributed by atoms with E-state index in [4.69, 9.17) is 9.26 Å². The minimum absolute atomic E-state index is 0.0580. The van der Waals surface area contributed by atoms with Gasteiger partial charge in [0.2, 0.25) is 11.7 Å². The zero-order valence-corrected chi connectivity index (χ0v) is 18.2. The number of nitrogens with zero attached hydrogens (tertiary/aromatic N) is 5. The molecule has 13 heteroatoms. The molecular formula is C18H21BrFN7O4. The number of hydrazone groups is 1. The molecule has 2 aromatic rings. The fourth-order valence-electron chi connectivity index (χ4n) is 3.34. The van der Waals surface area contributed by atoms with Gasteiger partial charge in [-0.25, -0.2) is 9.93 Å². The third-order valence-corrected chi connectivity index (χ3v) is 5.66. The van der Waals surface area contributed by atoms with Crippen molar-refractivity contribution < 1.29 is 23.6 Å². The fourth-order valence-corrected chi connectivity index (χ4v) is 3.68. The number of hydrogen-bond donors (Lipinski definition) is 3. The van der Waals surface area contributed by atoms with Crippen molar-refractivity contribution in [3.05, 3.63) is 34.3 Å². The van der Waals surface area contributed by atoms with Crippen LogP contribution >= 0.6 is 15.9 Å². The van der Waals surface area contributed by atoms with Gasteiger partial charge in [0, 0.05) is 32.0 Å². The molecule has 1 saturated heterocycles. The Morgan fingerprint density at radius 3 is 2.94 bits per heavy atom. The van der Waals surface area contributed by atoms with Crippen molar-refractivity contribution in [3.8, 4) is 5.75 Å². The number of hydrazine groups is 2. The van der Waals surface area contributed by atoms with E-state index < -0.39 is 12.0 Å². The molecule has 0 bridgehead atoms. The van der Waals surface area contributed by atoms with E-state index in [9.17, 15) is 14.3 Å². The Balaban J connectivity index is 1.33. The molecule has 3 heterocycles. The summed E-state index contributed by atoms with van der Waals surface area (Å²) >= 11 is 3.37. The van der Waals surface area contributed by atoms with Crippen LogP contribution in [0.5, 0.6) is 5.75 Å². The number of hydrogen-bond acceptors (Lipinski definition) is 10. The molecule has 0 aliphatic carbocycles. The lowest BCUT2D eigenvalue weighted by atomic mass is 10.1. The third-order valence-electron chi connectivity index (χ3n) is 5.01. The van der Waals surface area contributed by atoms with Crippen LogP contribution in [0.1, 0.15) is 32.0 Å². The summed E-state index contributed by atoms with van der Waals surface area (Å²) < 4.78 is 25.5. The molecule has 2 aliphatic rings. The van der Waals surface area contributed by atoms with Crippen LogP contribution in [-0.2, 0) is 4.79 Å². The second-order valence-electron chi connectivity index (χ2n) is 7.08. The molecule has 3 N–H and O–H groups in total. The Morgan fingerprint density at radius 2 is 2.23 bits per heavy atom. The summed E-state index contributed by atoms with van der Waals surface area (Å²) in [6.07, 6.45) is 1.72. The molecule has 1 atom stereocenters. The average molecular weight is 498 g/mol. The number of rotatable bonds is 7. The average Bonchev–Trinajstić information content (AvgIpc) is 3.42. The first-order valence-electron chi connectivity index (χ1n) is 9.77. The van der Waals surface area contributed by atoms with Crippen molar-refractivity contribution >= 4 is 33.7 Å². The van der Waals surface area contributed by atoms with Gasteiger partial charge in [-0.15, -0.1) is 10.2 Å². The van der Waals surface area contributed by atoms with Crippen LogP contribution in [-0.4, -0.2) is 57.4 Å². The van der Waals surface area contributed by atoms with Gasteiger partial charge < -0.3 is 19.3 Å². The normalized spacial score (nSPS) is 18.3. The number of benzene rings is 1.